The van der Waals surface area contributed by atoms with E-state index in [9.17, 15) is 19.2 Å². The lowest BCUT2D eigenvalue weighted by atomic mass is 10.2. The maximum absolute atomic E-state index is 12.6. The number of nitrogens with zero attached hydrogens (tertiary/aromatic N) is 1. The summed E-state index contributed by atoms with van der Waals surface area (Å²) in [5, 5.41) is 2.23. The van der Waals surface area contributed by atoms with Crippen molar-refractivity contribution in [2.24, 2.45) is 0 Å². The molecule has 1 fully saturated rings. The van der Waals surface area contributed by atoms with Crippen LogP contribution in [0.25, 0.3) is 6.08 Å². The molecule has 0 aromatic heterocycles. The molecule has 1 heterocycles. The fourth-order valence-corrected chi connectivity index (χ4v) is 4.03. The van der Waals surface area contributed by atoms with E-state index >= 15 is 0 Å². The molecule has 1 aliphatic heterocycles. The number of amides is 3. The second-order valence-electron chi connectivity index (χ2n) is 7.42. The number of aryl methyl sites for hydroxylation is 1. The van der Waals surface area contributed by atoms with Crippen molar-refractivity contribution in [2.75, 3.05) is 31.7 Å². The molecule has 0 saturated carbocycles. The molecule has 0 unspecified atom stereocenters. The zero-order valence-corrected chi connectivity index (χ0v) is 20.5. The Morgan fingerprint density at radius 1 is 1.03 bits per heavy atom. The first-order valence-electron chi connectivity index (χ1n) is 11.0. The summed E-state index contributed by atoms with van der Waals surface area (Å²) < 4.78 is 16.1. The van der Waals surface area contributed by atoms with Gasteiger partial charge in [-0.25, -0.2) is 0 Å². The smallest absolute Gasteiger partial charge is 0.326 e. The minimum atomic E-state index is -0.650. The predicted octanol–water partition coefficient (Wildman–Crippen LogP) is 4.01. The fourth-order valence-electron chi connectivity index (χ4n) is 3.19. The van der Waals surface area contributed by atoms with Crippen molar-refractivity contribution in [1.82, 2.24) is 4.90 Å². The van der Waals surface area contributed by atoms with E-state index in [1.807, 2.05) is 32.0 Å². The van der Waals surface area contributed by atoms with Gasteiger partial charge in [-0.3, -0.25) is 24.1 Å². The van der Waals surface area contributed by atoms with Crippen LogP contribution in [0.15, 0.2) is 47.4 Å². The van der Waals surface area contributed by atoms with Crippen LogP contribution in [0.2, 0.25) is 0 Å². The second-order valence-corrected chi connectivity index (χ2v) is 8.41. The second kappa shape index (κ2) is 12.1. The summed E-state index contributed by atoms with van der Waals surface area (Å²) >= 11 is 0.742. The van der Waals surface area contributed by atoms with Crippen molar-refractivity contribution in [3.63, 3.8) is 0 Å². The van der Waals surface area contributed by atoms with E-state index in [0.717, 1.165) is 22.2 Å². The minimum absolute atomic E-state index is 0.160. The Morgan fingerprint density at radius 2 is 1.83 bits per heavy atom. The number of hydrogen-bond donors (Lipinski definition) is 1. The van der Waals surface area contributed by atoms with Gasteiger partial charge in [0.25, 0.3) is 17.1 Å². The Kier molecular flexibility index (Phi) is 8.91. The van der Waals surface area contributed by atoms with Crippen LogP contribution in [0.1, 0.15) is 25.0 Å². The summed E-state index contributed by atoms with van der Waals surface area (Å²) in [7, 11) is 0. The van der Waals surface area contributed by atoms with Crippen LogP contribution in [-0.4, -0.2) is 54.3 Å². The molecule has 0 radical (unpaired) electrons. The van der Waals surface area contributed by atoms with Crippen molar-refractivity contribution in [3.8, 4) is 11.5 Å². The molecule has 35 heavy (non-hydrogen) atoms. The number of thioether (sulfide) groups is 1. The molecule has 0 spiro atoms. The first kappa shape index (κ1) is 25.8. The van der Waals surface area contributed by atoms with Gasteiger partial charge in [-0.05, 0) is 74.0 Å². The lowest BCUT2D eigenvalue weighted by Crippen LogP contribution is -2.34. The molecule has 2 aromatic rings. The maximum atomic E-state index is 12.6. The first-order valence-corrected chi connectivity index (χ1v) is 11.8. The molecule has 2 aromatic carbocycles. The zero-order valence-electron chi connectivity index (χ0n) is 19.7. The van der Waals surface area contributed by atoms with Crippen molar-refractivity contribution in [2.45, 2.75) is 20.8 Å². The highest BCUT2D eigenvalue weighted by atomic mass is 32.2. The number of esters is 1. The van der Waals surface area contributed by atoms with Crippen molar-refractivity contribution in [1.29, 1.82) is 0 Å². The molecule has 3 amide bonds. The average Bonchev–Trinajstić information content (AvgIpc) is 3.06. The molecule has 1 saturated heterocycles. The molecule has 9 nitrogen and oxygen atoms in total. The van der Waals surface area contributed by atoms with Gasteiger partial charge in [-0.2, -0.15) is 0 Å². The van der Waals surface area contributed by atoms with Gasteiger partial charge in [0.05, 0.1) is 18.1 Å². The molecule has 1 aliphatic rings. The lowest BCUT2D eigenvalue weighted by molar-refractivity contribution is -0.146. The largest absolute Gasteiger partial charge is 0.490 e. The monoisotopic (exact) mass is 498 g/mol. The van der Waals surface area contributed by atoms with Gasteiger partial charge in [0.2, 0.25) is 0 Å². The molecular weight excluding hydrogens is 472 g/mol. The van der Waals surface area contributed by atoms with Crippen LogP contribution in [0.4, 0.5) is 10.5 Å². The molecule has 0 aliphatic carbocycles. The Labute approximate surface area is 207 Å². The molecule has 0 atom stereocenters. The van der Waals surface area contributed by atoms with E-state index in [4.69, 9.17) is 14.2 Å². The average molecular weight is 499 g/mol. The van der Waals surface area contributed by atoms with Gasteiger partial charge in [-0.15, -0.1) is 0 Å². The molecule has 0 bridgehead atoms. The van der Waals surface area contributed by atoms with Gasteiger partial charge in [0, 0.05) is 5.69 Å². The van der Waals surface area contributed by atoms with Crippen LogP contribution in [0.5, 0.6) is 11.5 Å². The Hall–Kier alpha value is -3.79. The highest BCUT2D eigenvalue weighted by Gasteiger charge is 2.36. The van der Waals surface area contributed by atoms with E-state index in [-0.39, 0.29) is 24.0 Å². The summed E-state index contributed by atoms with van der Waals surface area (Å²) in [5.41, 5.74) is 2.29. The number of carbonyl (C=O) groups excluding carboxylic acids is 4. The van der Waals surface area contributed by atoms with Crippen molar-refractivity contribution < 1.29 is 33.4 Å². The maximum Gasteiger partial charge on any atom is 0.326 e. The third-order valence-electron chi connectivity index (χ3n) is 4.69. The van der Waals surface area contributed by atoms with E-state index in [1.165, 1.54) is 6.08 Å². The van der Waals surface area contributed by atoms with Crippen LogP contribution in [-0.2, 0) is 19.1 Å². The van der Waals surface area contributed by atoms with Gasteiger partial charge in [0.1, 0.15) is 6.54 Å². The van der Waals surface area contributed by atoms with E-state index in [2.05, 4.69) is 5.32 Å². The van der Waals surface area contributed by atoms with Crippen LogP contribution in [0.3, 0.4) is 0 Å². The highest BCUT2D eigenvalue weighted by Crippen LogP contribution is 2.34. The number of carbonyl (C=O) groups is 4. The van der Waals surface area contributed by atoms with Gasteiger partial charge in [0.15, 0.2) is 18.1 Å². The van der Waals surface area contributed by atoms with E-state index < -0.39 is 23.7 Å². The highest BCUT2D eigenvalue weighted by molar-refractivity contribution is 8.18. The van der Waals surface area contributed by atoms with E-state index in [1.54, 1.807) is 31.2 Å². The van der Waals surface area contributed by atoms with Gasteiger partial charge < -0.3 is 19.5 Å². The number of rotatable bonds is 10. The molecule has 3 rings (SSSR count). The summed E-state index contributed by atoms with van der Waals surface area (Å²) in [5.74, 6) is -0.798. The number of nitrogens with one attached hydrogen (secondary N) is 1. The van der Waals surface area contributed by atoms with Crippen LogP contribution >= 0.6 is 11.8 Å². The molecular formula is C25H26N2O7S. The summed E-state index contributed by atoms with van der Waals surface area (Å²) in [4.78, 5) is 49.8. The minimum Gasteiger partial charge on any atom is -0.490 e. The lowest BCUT2D eigenvalue weighted by Gasteiger charge is -2.13. The SMILES string of the molecule is CCOC(=O)CN1C(=O)S/C(=C/c2ccc(OCC(=O)Nc3cccc(C)c3)c(OCC)c2)C1=O. The predicted molar refractivity (Wildman–Crippen MR) is 132 cm³/mol. The fraction of sp³-hybridized carbons (Fsp3) is 0.280. The number of ether oxygens (including phenoxy) is 3. The summed E-state index contributed by atoms with van der Waals surface area (Å²) in [6.45, 7) is 5.24. The zero-order chi connectivity index (χ0) is 25.4. The standard InChI is InChI=1S/C25H26N2O7S/c1-4-32-20-12-17(13-21-24(30)27(25(31)35-21)14-23(29)33-5-2)9-10-19(20)34-15-22(28)26-18-8-6-7-16(3)11-18/h6-13H,4-5,14-15H2,1-3H3,(H,26,28)/b21-13+. The van der Waals surface area contributed by atoms with Crippen molar-refractivity contribution >= 4 is 46.5 Å². The Bertz CT molecular complexity index is 1160. The third kappa shape index (κ3) is 7.10. The van der Waals surface area contributed by atoms with Gasteiger partial charge >= 0.3 is 5.97 Å². The number of benzene rings is 2. The van der Waals surface area contributed by atoms with E-state index in [0.29, 0.717) is 29.4 Å². The van der Waals surface area contributed by atoms with Crippen LogP contribution in [0, 0.1) is 6.92 Å². The van der Waals surface area contributed by atoms with Crippen molar-refractivity contribution in [3.05, 3.63) is 58.5 Å². The normalized spacial score (nSPS) is 14.3. The number of hydrogen-bond acceptors (Lipinski definition) is 8. The first-order chi connectivity index (χ1) is 16.8. The Balaban J connectivity index is 1.69. The molecule has 10 heteroatoms. The van der Waals surface area contributed by atoms with Crippen LogP contribution < -0.4 is 14.8 Å². The molecule has 184 valence electrons. The number of anilines is 1. The quantitative estimate of drug-likeness (QED) is 0.386. The Morgan fingerprint density at radius 3 is 2.54 bits per heavy atom. The summed E-state index contributed by atoms with van der Waals surface area (Å²) in [6.07, 6.45) is 1.53. The number of imide groups is 1. The topological polar surface area (TPSA) is 111 Å². The molecule has 1 N–H and O–H groups in total. The summed E-state index contributed by atoms with van der Waals surface area (Å²) in [6, 6.07) is 12.4. The van der Waals surface area contributed by atoms with Gasteiger partial charge in [-0.1, -0.05) is 18.2 Å². The third-order valence-corrected chi connectivity index (χ3v) is 5.60.